The average Bonchev–Trinajstić information content (AvgIpc) is 2.79. The van der Waals surface area contributed by atoms with Gasteiger partial charge < -0.3 is 10.6 Å². The zero-order valence-corrected chi connectivity index (χ0v) is 13.0. The van der Waals surface area contributed by atoms with Crippen LogP contribution in [0.3, 0.4) is 0 Å². The molecule has 1 aromatic rings. The lowest BCUT2D eigenvalue weighted by atomic mass is 10.2. The van der Waals surface area contributed by atoms with Crippen molar-refractivity contribution < 1.29 is 9.59 Å². The van der Waals surface area contributed by atoms with Gasteiger partial charge in [-0.25, -0.2) is 0 Å². The van der Waals surface area contributed by atoms with E-state index in [0.29, 0.717) is 11.7 Å². The largest absolute Gasteiger partial charge is 0.326 e. The lowest BCUT2D eigenvalue weighted by Crippen LogP contribution is -2.28. The molecule has 0 spiro atoms. The molecule has 1 aliphatic rings. The van der Waals surface area contributed by atoms with Crippen molar-refractivity contribution in [1.82, 2.24) is 5.32 Å². The van der Waals surface area contributed by atoms with E-state index < -0.39 is 5.25 Å². The summed E-state index contributed by atoms with van der Waals surface area (Å²) in [7, 11) is 0. The molecule has 1 atom stereocenters. The maximum atomic E-state index is 12.0. The number of carbonyl (C=O) groups is 2. The van der Waals surface area contributed by atoms with Gasteiger partial charge in [0.25, 0.3) is 0 Å². The summed E-state index contributed by atoms with van der Waals surface area (Å²) in [5.41, 5.74) is 1.78. The molecule has 0 radical (unpaired) electrons. The summed E-state index contributed by atoms with van der Waals surface area (Å²) in [5, 5.41) is 5.78. The SMILES string of the molecule is CCCN=C1NC(=O)C(CC(=O)Nc2ccccc2C)S1. The van der Waals surface area contributed by atoms with Gasteiger partial charge in [-0.15, -0.1) is 0 Å². The van der Waals surface area contributed by atoms with Crippen LogP contribution < -0.4 is 10.6 Å². The standard InChI is InChI=1S/C15H19N3O2S/c1-3-8-16-15-18-14(20)12(21-15)9-13(19)17-11-7-5-4-6-10(11)2/h4-7,12H,3,8-9H2,1-2H3,(H,17,19)(H,16,18,20). The van der Waals surface area contributed by atoms with Crippen molar-refractivity contribution in [3.63, 3.8) is 0 Å². The summed E-state index contributed by atoms with van der Waals surface area (Å²) in [6, 6.07) is 7.57. The van der Waals surface area contributed by atoms with Gasteiger partial charge in [-0.1, -0.05) is 36.9 Å². The number of para-hydroxylation sites is 1. The highest BCUT2D eigenvalue weighted by molar-refractivity contribution is 8.15. The van der Waals surface area contributed by atoms with E-state index in [1.165, 1.54) is 11.8 Å². The van der Waals surface area contributed by atoms with Gasteiger partial charge in [0.15, 0.2) is 5.17 Å². The number of thioether (sulfide) groups is 1. The van der Waals surface area contributed by atoms with Crippen molar-refractivity contribution in [2.75, 3.05) is 11.9 Å². The second kappa shape index (κ2) is 7.26. The summed E-state index contributed by atoms with van der Waals surface area (Å²) in [5.74, 6) is -0.302. The van der Waals surface area contributed by atoms with E-state index in [4.69, 9.17) is 0 Å². The highest BCUT2D eigenvalue weighted by Gasteiger charge is 2.31. The summed E-state index contributed by atoms with van der Waals surface area (Å²) in [6.07, 6.45) is 1.08. The van der Waals surface area contributed by atoms with Crippen LogP contribution >= 0.6 is 11.8 Å². The van der Waals surface area contributed by atoms with Crippen molar-refractivity contribution >= 4 is 34.4 Å². The van der Waals surface area contributed by atoms with Crippen molar-refractivity contribution in [3.8, 4) is 0 Å². The normalized spacial score (nSPS) is 19.6. The predicted molar refractivity (Wildman–Crippen MR) is 86.5 cm³/mol. The molecular formula is C15H19N3O2S. The van der Waals surface area contributed by atoms with Crippen LogP contribution in [-0.4, -0.2) is 28.8 Å². The number of hydrogen-bond acceptors (Lipinski definition) is 4. The van der Waals surface area contributed by atoms with Crippen LogP contribution in [0.4, 0.5) is 5.69 Å². The van der Waals surface area contributed by atoms with Crippen molar-refractivity contribution in [1.29, 1.82) is 0 Å². The van der Waals surface area contributed by atoms with Gasteiger partial charge in [0.1, 0.15) is 5.25 Å². The molecule has 0 saturated carbocycles. The minimum Gasteiger partial charge on any atom is -0.326 e. The third kappa shape index (κ3) is 4.32. The first-order valence-corrected chi connectivity index (χ1v) is 7.85. The van der Waals surface area contributed by atoms with Gasteiger partial charge in [0, 0.05) is 18.7 Å². The lowest BCUT2D eigenvalue weighted by Gasteiger charge is -2.09. The van der Waals surface area contributed by atoms with E-state index in [1.54, 1.807) is 0 Å². The fourth-order valence-electron chi connectivity index (χ4n) is 1.91. The first-order valence-electron chi connectivity index (χ1n) is 6.97. The Kier molecular flexibility index (Phi) is 5.38. The van der Waals surface area contributed by atoms with Crippen LogP contribution in [0.25, 0.3) is 0 Å². The summed E-state index contributed by atoms with van der Waals surface area (Å²) in [6.45, 7) is 4.64. The number of amidine groups is 1. The van der Waals surface area contributed by atoms with E-state index in [9.17, 15) is 9.59 Å². The molecule has 1 aromatic carbocycles. The number of rotatable bonds is 5. The summed E-state index contributed by atoms with van der Waals surface area (Å²) in [4.78, 5) is 28.1. The third-order valence-corrected chi connectivity index (χ3v) is 4.17. The summed E-state index contributed by atoms with van der Waals surface area (Å²) >= 11 is 1.33. The molecule has 2 rings (SSSR count). The molecule has 112 valence electrons. The third-order valence-electron chi connectivity index (χ3n) is 3.05. The number of nitrogens with one attached hydrogen (secondary N) is 2. The van der Waals surface area contributed by atoms with Gasteiger partial charge in [-0.2, -0.15) is 0 Å². The average molecular weight is 305 g/mol. The number of aliphatic imine (C=N–C) groups is 1. The van der Waals surface area contributed by atoms with E-state index in [1.807, 2.05) is 38.1 Å². The molecule has 0 aromatic heterocycles. The number of anilines is 1. The highest BCUT2D eigenvalue weighted by atomic mass is 32.2. The van der Waals surface area contributed by atoms with Gasteiger partial charge >= 0.3 is 0 Å². The zero-order valence-electron chi connectivity index (χ0n) is 12.2. The minimum atomic E-state index is -0.398. The molecule has 0 bridgehead atoms. The molecule has 0 aliphatic carbocycles. The van der Waals surface area contributed by atoms with Crippen molar-refractivity contribution in [2.24, 2.45) is 4.99 Å². The van der Waals surface area contributed by atoms with Crippen LogP contribution in [0.1, 0.15) is 25.3 Å². The van der Waals surface area contributed by atoms with Crippen LogP contribution in [0.2, 0.25) is 0 Å². The Bertz CT molecular complexity index is 572. The lowest BCUT2D eigenvalue weighted by molar-refractivity contribution is -0.122. The first kappa shape index (κ1) is 15.6. The van der Waals surface area contributed by atoms with E-state index in [-0.39, 0.29) is 18.2 Å². The van der Waals surface area contributed by atoms with Gasteiger partial charge in [-0.3, -0.25) is 14.6 Å². The molecule has 6 heteroatoms. The number of benzene rings is 1. The predicted octanol–water partition coefficient (Wildman–Crippen LogP) is 2.32. The minimum absolute atomic E-state index is 0.144. The molecule has 1 unspecified atom stereocenters. The van der Waals surface area contributed by atoms with Crippen molar-refractivity contribution in [2.45, 2.75) is 31.9 Å². The molecule has 5 nitrogen and oxygen atoms in total. The molecule has 1 heterocycles. The van der Waals surface area contributed by atoms with E-state index in [2.05, 4.69) is 15.6 Å². The molecule has 1 fully saturated rings. The Balaban J connectivity index is 1.91. The molecular weight excluding hydrogens is 286 g/mol. The molecule has 1 aliphatic heterocycles. The Morgan fingerprint density at radius 1 is 1.43 bits per heavy atom. The molecule has 21 heavy (non-hydrogen) atoms. The number of nitrogens with zero attached hydrogens (tertiary/aromatic N) is 1. The summed E-state index contributed by atoms with van der Waals surface area (Å²) < 4.78 is 0. The second-order valence-electron chi connectivity index (χ2n) is 4.85. The van der Waals surface area contributed by atoms with Crippen LogP contribution in [0, 0.1) is 6.92 Å². The Labute approximate surface area is 128 Å². The molecule has 1 saturated heterocycles. The number of amides is 2. The maximum Gasteiger partial charge on any atom is 0.240 e. The van der Waals surface area contributed by atoms with Crippen LogP contribution in [-0.2, 0) is 9.59 Å². The van der Waals surface area contributed by atoms with Gasteiger partial charge in [0.2, 0.25) is 11.8 Å². The van der Waals surface area contributed by atoms with Gasteiger partial charge in [-0.05, 0) is 25.0 Å². The van der Waals surface area contributed by atoms with Crippen molar-refractivity contribution in [3.05, 3.63) is 29.8 Å². The van der Waals surface area contributed by atoms with E-state index in [0.717, 1.165) is 17.7 Å². The number of carbonyl (C=O) groups excluding carboxylic acids is 2. The second-order valence-corrected chi connectivity index (χ2v) is 6.04. The van der Waals surface area contributed by atoms with Gasteiger partial charge in [0.05, 0.1) is 0 Å². The van der Waals surface area contributed by atoms with Crippen LogP contribution in [0.15, 0.2) is 29.3 Å². The first-order chi connectivity index (χ1) is 10.1. The Morgan fingerprint density at radius 3 is 2.90 bits per heavy atom. The number of hydrogen-bond donors (Lipinski definition) is 2. The Morgan fingerprint density at radius 2 is 2.19 bits per heavy atom. The maximum absolute atomic E-state index is 12.0. The Hall–Kier alpha value is -1.82. The fourth-order valence-corrected chi connectivity index (χ4v) is 2.91. The highest BCUT2D eigenvalue weighted by Crippen LogP contribution is 2.23. The molecule has 2 amide bonds. The zero-order chi connectivity index (χ0) is 15.2. The number of aryl methyl sites for hydroxylation is 1. The quantitative estimate of drug-likeness (QED) is 0.877. The topological polar surface area (TPSA) is 70.6 Å². The molecule has 2 N–H and O–H groups in total. The monoisotopic (exact) mass is 305 g/mol. The van der Waals surface area contributed by atoms with E-state index >= 15 is 0 Å². The smallest absolute Gasteiger partial charge is 0.240 e. The fraction of sp³-hybridized carbons (Fsp3) is 0.400. The van der Waals surface area contributed by atoms with Crippen LogP contribution in [0.5, 0.6) is 0 Å².